The van der Waals surface area contributed by atoms with E-state index in [1.165, 1.54) is 36.8 Å². The third kappa shape index (κ3) is 5.34. The maximum atomic E-state index is 5.68. The van der Waals surface area contributed by atoms with Gasteiger partial charge in [-0.15, -0.1) is 0 Å². The Labute approximate surface area is 134 Å². The first kappa shape index (κ1) is 16.8. The molecule has 1 aliphatic rings. The van der Waals surface area contributed by atoms with Crippen molar-refractivity contribution in [3.63, 3.8) is 0 Å². The van der Waals surface area contributed by atoms with Gasteiger partial charge in [0.2, 0.25) is 0 Å². The third-order valence-corrected chi connectivity index (χ3v) is 4.09. The van der Waals surface area contributed by atoms with E-state index in [0.29, 0.717) is 12.6 Å². The van der Waals surface area contributed by atoms with Crippen LogP contribution in [0.3, 0.4) is 0 Å². The van der Waals surface area contributed by atoms with Gasteiger partial charge in [0.05, 0.1) is 6.61 Å². The van der Waals surface area contributed by atoms with Gasteiger partial charge >= 0.3 is 0 Å². The summed E-state index contributed by atoms with van der Waals surface area (Å²) < 4.78 is 5.68. The molecule has 0 bridgehead atoms. The Morgan fingerprint density at radius 1 is 1.23 bits per heavy atom. The van der Waals surface area contributed by atoms with Crippen molar-refractivity contribution in [2.24, 2.45) is 4.99 Å². The smallest absolute Gasteiger partial charge is 0.191 e. The summed E-state index contributed by atoms with van der Waals surface area (Å²) in [6, 6.07) is 9.02. The Morgan fingerprint density at radius 2 is 1.95 bits per heavy atom. The van der Waals surface area contributed by atoms with Crippen molar-refractivity contribution in [2.75, 3.05) is 13.7 Å². The molecule has 1 aromatic rings. The molecular weight excluding hydrogens is 274 g/mol. The lowest BCUT2D eigenvalue weighted by atomic mass is 10.1. The van der Waals surface area contributed by atoms with E-state index in [1.807, 2.05) is 7.05 Å². The van der Waals surface area contributed by atoms with Crippen molar-refractivity contribution >= 4 is 5.96 Å². The molecule has 122 valence electrons. The molecule has 2 N–H and O–H groups in total. The first-order valence-electron chi connectivity index (χ1n) is 8.45. The second kappa shape index (κ2) is 9.46. The molecule has 0 aliphatic heterocycles. The number of nitrogens with one attached hydrogen (secondary N) is 2. The van der Waals surface area contributed by atoms with Crippen LogP contribution >= 0.6 is 0 Å². The van der Waals surface area contributed by atoms with Gasteiger partial charge < -0.3 is 15.4 Å². The van der Waals surface area contributed by atoms with Gasteiger partial charge in [0.25, 0.3) is 0 Å². The quantitative estimate of drug-likeness (QED) is 0.462. The predicted molar refractivity (Wildman–Crippen MR) is 92.0 cm³/mol. The highest BCUT2D eigenvalue weighted by atomic mass is 16.5. The lowest BCUT2D eigenvalue weighted by molar-refractivity contribution is 0.121. The first-order chi connectivity index (χ1) is 10.8. The Morgan fingerprint density at radius 3 is 2.64 bits per heavy atom. The van der Waals surface area contributed by atoms with Crippen LogP contribution in [-0.2, 0) is 17.9 Å². The molecule has 1 fully saturated rings. The summed E-state index contributed by atoms with van der Waals surface area (Å²) in [4.78, 5) is 4.33. The highest BCUT2D eigenvalue weighted by Crippen LogP contribution is 2.17. The van der Waals surface area contributed by atoms with Gasteiger partial charge in [-0.05, 0) is 30.4 Å². The van der Waals surface area contributed by atoms with E-state index >= 15 is 0 Å². The number of nitrogens with zero attached hydrogens (tertiary/aromatic N) is 1. The molecule has 0 spiro atoms. The van der Waals surface area contributed by atoms with Crippen molar-refractivity contribution in [3.05, 3.63) is 35.4 Å². The molecule has 1 aliphatic carbocycles. The van der Waals surface area contributed by atoms with Crippen LogP contribution in [0.4, 0.5) is 0 Å². The number of rotatable bonds is 7. The normalized spacial score (nSPS) is 16.0. The van der Waals surface area contributed by atoms with Crippen LogP contribution in [0.15, 0.2) is 29.3 Å². The van der Waals surface area contributed by atoms with Gasteiger partial charge in [-0.1, -0.05) is 44.0 Å². The Kier molecular flexibility index (Phi) is 7.23. The average Bonchev–Trinajstić information content (AvgIpc) is 3.06. The molecule has 0 heterocycles. The lowest BCUT2D eigenvalue weighted by Gasteiger charge is -2.18. The fraction of sp³-hybridized carbons (Fsp3) is 0.611. The van der Waals surface area contributed by atoms with Crippen LogP contribution < -0.4 is 10.6 Å². The molecule has 4 nitrogen and oxygen atoms in total. The van der Waals surface area contributed by atoms with Gasteiger partial charge in [0.15, 0.2) is 5.96 Å². The minimum Gasteiger partial charge on any atom is -0.377 e. The van der Waals surface area contributed by atoms with Gasteiger partial charge in [-0.2, -0.15) is 0 Å². The molecule has 0 radical (unpaired) electrons. The fourth-order valence-corrected chi connectivity index (χ4v) is 2.83. The van der Waals surface area contributed by atoms with E-state index < -0.39 is 0 Å². The van der Waals surface area contributed by atoms with Gasteiger partial charge in [0, 0.05) is 26.2 Å². The molecule has 0 aromatic heterocycles. The summed E-state index contributed by atoms with van der Waals surface area (Å²) in [6.45, 7) is 4.40. The monoisotopic (exact) mass is 303 g/mol. The zero-order valence-electron chi connectivity index (χ0n) is 13.9. The van der Waals surface area contributed by atoms with E-state index in [4.69, 9.17) is 4.74 Å². The summed E-state index contributed by atoms with van der Waals surface area (Å²) >= 11 is 0. The molecular formula is C18H29N3O. The van der Waals surface area contributed by atoms with Crippen LogP contribution in [0.2, 0.25) is 0 Å². The Balaban J connectivity index is 1.86. The second-order valence-corrected chi connectivity index (χ2v) is 5.87. The largest absolute Gasteiger partial charge is 0.377 e. The second-order valence-electron chi connectivity index (χ2n) is 5.87. The van der Waals surface area contributed by atoms with Gasteiger partial charge in [0.1, 0.15) is 0 Å². The van der Waals surface area contributed by atoms with Crippen LogP contribution in [-0.4, -0.2) is 25.7 Å². The molecule has 0 amide bonds. The number of benzene rings is 1. The van der Waals surface area contributed by atoms with Crippen LogP contribution in [0, 0.1) is 0 Å². The zero-order valence-corrected chi connectivity index (χ0v) is 13.9. The van der Waals surface area contributed by atoms with Crippen LogP contribution in [0.5, 0.6) is 0 Å². The van der Waals surface area contributed by atoms with Crippen molar-refractivity contribution in [3.8, 4) is 0 Å². The molecule has 4 heteroatoms. The lowest BCUT2D eigenvalue weighted by Crippen LogP contribution is -2.42. The van der Waals surface area contributed by atoms with Crippen molar-refractivity contribution in [1.82, 2.24) is 10.6 Å². The topological polar surface area (TPSA) is 45.6 Å². The number of aliphatic imine (C=N–C) groups is 1. The molecule has 0 unspecified atom stereocenters. The highest BCUT2D eigenvalue weighted by Gasteiger charge is 2.15. The molecule has 2 rings (SSSR count). The number of guanidine groups is 1. The summed E-state index contributed by atoms with van der Waals surface area (Å²) in [6.07, 6.45) is 6.21. The summed E-state index contributed by atoms with van der Waals surface area (Å²) in [5.74, 6) is 0.899. The van der Waals surface area contributed by atoms with E-state index in [0.717, 1.165) is 25.5 Å². The summed E-state index contributed by atoms with van der Waals surface area (Å²) in [5.41, 5.74) is 2.52. The first-order valence-corrected chi connectivity index (χ1v) is 8.45. The minimum atomic E-state index is 0.578. The number of ether oxygens (including phenoxy) is 1. The molecule has 1 saturated carbocycles. The maximum absolute atomic E-state index is 5.68. The standard InChI is InChI=1S/C18H29N3O/c1-3-12-22-14-16-9-5-4-8-15(16)13-20-18(19-2)21-17-10-6-7-11-17/h4-5,8-9,17H,3,6-7,10-14H2,1-2H3,(H2,19,20,21). The van der Waals surface area contributed by atoms with Gasteiger partial charge in [-0.25, -0.2) is 0 Å². The minimum absolute atomic E-state index is 0.578. The van der Waals surface area contributed by atoms with E-state index in [-0.39, 0.29) is 0 Å². The molecule has 1 aromatic carbocycles. The van der Waals surface area contributed by atoms with E-state index in [1.54, 1.807) is 0 Å². The SMILES string of the molecule is CCCOCc1ccccc1CNC(=NC)NC1CCCC1. The van der Waals surface area contributed by atoms with Crippen molar-refractivity contribution in [1.29, 1.82) is 0 Å². The number of hydrogen-bond acceptors (Lipinski definition) is 2. The third-order valence-electron chi connectivity index (χ3n) is 4.09. The predicted octanol–water partition coefficient (Wildman–Crippen LogP) is 3.22. The molecule has 0 atom stereocenters. The van der Waals surface area contributed by atoms with Crippen molar-refractivity contribution < 1.29 is 4.74 Å². The van der Waals surface area contributed by atoms with Crippen LogP contribution in [0.25, 0.3) is 0 Å². The van der Waals surface area contributed by atoms with Gasteiger partial charge in [-0.3, -0.25) is 4.99 Å². The van der Waals surface area contributed by atoms with E-state index in [9.17, 15) is 0 Å². The molecule has 22 heavy (non-hydrogen) atoms. The zero-order chi connectivity index (χ0) is 15.6. The summed E-state index contributed by atoms with van der Waals surface area (Å²) in [5, 5.41) is 6.94. The fourth-order valence-electron chi connectivity index (χ4n) is 2.83. The Bertz CT molecular complexity index is 467. The molecule has 0 saturated heterocycles. The number of hydrogen-bond donors (Lipinski definition) is 2. The van der Waals surface area contributed by atoms with Crippen LogP contribution in [0.1, 0.15) is 50.2 Å². The summed E-state index contributed by atoms with van der Waals surface area (Å²) in [7, 11) is 1.83. The Hall–Kier alpha value is -1.55. The average molecular weight is 303 g/mol. The highest BCUT2D eigenvalue weighted by molar-refractivity contribution is 5.80. The maximum Gasteiger partial charge on any atom is 0.191 e. The van der Waals surface area contributed by atoms with Crippen molar-refractivity contribution in [2.45, 2.75) is 58.2 Å². The van der Waals surface area contributed by atoms with E-state index in [2.05, 4.69) is 46.8 Å².